The molecule has 1 N–H and O–H groups in total. The molecule has 0 aromatic carbocycles. The van der Waals surface area contributed by atoms with Crippen molar-refractivity contribution >= 4 is 21.7 Å². The standard InChI is InChI=1S/C16H19BrN4/c1-2-9-19-15-11-6-3-4-8-13(11)20-16(21-15)14-12(17)7-5-10-18-14/h5,7,10H,2-4,6,8-9H2,1H3,(H,19,20,21). The van der Waals surface area contributed by atoms with Crippen molar-refractivity contribution in [2.24, 2.45) is 0 Å². The minimum absolute atomic E-state index is 0.710. The molecule has 0 saturated heterocycles. The van der Waals surface area contributed by atoms with Gasteiger partial charge in [0.05, 0.1) is 0 Å². The molecular weight excluding hydrogens is 328 g/mol. The second-order valence-electron chi connectivity index (χ2n) is 5.29. The molecule has 0 unspecified atom stereocenters. The number of fused-ring (bicyclic) bond motifs is 1. The van der Waals surface area contributed by atoms with Crippen molar-refractivity contribution in [3.05, 3.63) is 34.1 Å². The number of pyridine rings is 1. The van der Waals surface area contributed by atoms with Gasteiger partial charge >= 0.3 is 0 Å². The Bertz CT molecular complexity index is 642. The Morgan fingerprint density at radius 3 is 2.90 bits per heavy atom. The molecule has 1 aliphatic carbocycles. The minimum Gasteiger partial charge on any atom is -0.370 e. The summed E-state index contributed by atoms with van der Waals surface area (Å²) in [6, 6.07) is 3.88. The molecule has 0 spiro atoms. The van der Waals surface area contributed by atoms with Crippen LogP contribution in [0.1, 0.15) is 37.4 Å². The lowest BCUT2D eigenvalue weighted by Gasteiger charge is -2.19. The van der Waals surface area contributed by atoms with Crippen molar-refractivity contribution < 1.29 is 0 Å². The van der Waals surface area contributed by atoms with E-state index >= 15 is 0 Å². The van der Waals surface area contributed by atoms with E-state index in [4.69, 9.17) is 9.97 Å². The first-order valence-corrected chi connectivity index (χ1v) is 8.33. The zero-order valence-corrected chi connectivity index (χ0v) is 13.8. The van der Waals surface area contributed by atoms with Gasteiger partial charge in [0.25, 0.3) is 0 Å². The number of anilines is 1. The minimum atomic E-state index is 0.710. The molecule has 2 aromatic heterocycles. The Labute approximate surface area is 133 Å². The molecule has 0 aliphatic heterocycles. The van der Waals surface area contributed by atoms with E-state index in [2.05, 4.69) is 33.2 Å². The van der Waals surface area contributed by atoms with Crippen LogP contribution in [0.15, 0.2) is 22.8 Å². The molecule has 1 aliphatic rings. The van der Waals surface area contributed by atoms with Crippen molar-refractivity contribution in [1.82, 2.24) is 15.0 Å². The molecular formula is C16H19BrN4. The highest BCUT2D eigenvalue weighted by molar-refractivity contribution is 9.10. The number of aromatic nitrogens is 3. The molecule has 0 amide bonds. The highest BCUT2D eigenvalue weighted by Crippen LogP contribution is 2.30. The van der Waals surface area contributed by atoms with Crippen LogP contribution in [0, 0.1) is 0 Å². The van der Waals surface area contributed by atoms with E-state index in [1.54, 1.807) is 6.20 Å². The Morgan fingerprint density at radius 1 is 1.24 bits per heavy atom. The van der Waals surface area contributed by atoms with Crippen LogP contribution < -0.4 is 5.32 Å². The van der Waals surface area contributed by atoms with Gasteiger partial charge in [-0.25, -0.2) is 9.97 Å². The average Bonchev–Trinajstić information content (AvgIpc) is 2.53. The quantitative estimate of drug-likeness (QED) is 0.908. The van der Waals surface area contributed by atoms with E-state index < -0.39 is 0 Å². The normalized spacial score (nSPS) is 13.8. The zero-order valence-electron chi connectivity index (χ0n) is 12.2. The van der Waals surface area contributed by atoms with Crippen LogP contribution in [0.5, 0.6) is 0 Å². The van der Waals surface area contributed by atoms with Gasteiger partial charge in [-0.3, -0.25) is 4.98 Å². The topological polar surface area (TPSA) is 50.7 Å². The Kier molecular flexibility index (Phi) is 4.48. The van der Waals surface area contributed by atoms with Gasteiger partial charge in [0.1, 0.15) is 11.5 Å². The number of hydrogen-bond acceptors (Lipinski definition) is 4. The van der Waals surface area contributed by atoms with Gasteiger partial charge in [0.2, 0.25) is 0 Å². The molecule has 0 bridgehead atoms. The van der Waals surface area contributed by atoms with Crippen LogP contribution >= 0.6 is 15.9 Å². The molecule has 110 valence electrons. The fourth-order valence-electron chi connectivity index (χ4n) is 2.64. The van der Waals surface area contributed by atoms with Crippen molar-refractivity contribution in [3.63, 3.8) is 0 Å². The molecule has 5 heteroatoms. The fraction of sp³-hybridized carbons (Fsp3) is 0.438. The van der Waals surface area contributed by atoms with Crippen molar-refractivity contribution in [2.45, 2.75) is 39.0 Å². The van der Waals surface area contributed by atoms with E-state index in [0.29, 0.717) is 5.82 Å². The predicted molar refractivity (Wildman–Crippen MR) is 88.4 cm³/mol. The number of rotatable bonds is 4. The first kappa shape index (κ1) is 14.4. The van der Waals surface area contributed by atoms with Crippen molar-refractivity contribution in [1.29, 1.82) is 0 Å². The molecule has 0 radical (unpaired) electrons. The highest BCUT2D eigenvalue weighted by atomic mass is 79.9. The van der Waals surface area contributed by atoms with Crippen LogP contribution in [-0.2, 0) is 12.8 Å². The third-order valence-electron chi connectivity index (χ3n) is 3.70. The van der Waals surface area contributed by atoms with Crippen LogP contribution in [0.4, 0.5) is 5.82 Å². The van der Waals surface area contributed by atoms with Crippen molar-refractivity contribution in [3.8, 4) is 11.5 Å². The summed E-state index contributed by atoms with van der Waals surface area (Å²) < 4.78 is 0.933. The molecule has 2 aromatic rings. The van der Waals surface area contributed by atoms with Gasteiger partial charge in [-0.1, -0.05) is 6.92 Å². The summed E-state index contributed by atoms with van der Waals surface area (Å²) in [5, 5.41) is 3.46. The lowest BCUT2D eigenvalue weighted by molar-refractivity contribution is 0.664. The van der Waals surface area contributed by atoms with Crippen LogP contribution in [0.25, 0.3) is 11.5 Å². The van der Waals surface area contributed by atoms with Gasteiger partial charge in [0, 0.05) is 28.5 Å². The first-order valence-electron chi connectivity index (χ1n) is 7.54. The van der Waals surface area contributed by atoms with E-state index in [1.165, 1.54) is 24.1 Å². The number of hydrogen-bond donors (Lipinski definition) is 1. The smallest absolute Gasteiger partial charge is 0.181 e. The summed E-state index contributed by atoms with van der Waals surface area (Å²) in [5.74, 6) is 1.70. The van der Waals surface area contributed by atoms with Gasteiger partial charge in [0.15, 0.2) is 5.82 Å². The lowest BCUT2D eigenvalue weighted by Crippen LogP contribution is -2.14. The lowest BCUT2D eigenvalue weighted by atomic mass is 9.96. The van der Waals surface area contributed by atoms with E-state index in [1.807, 2.05) is 12.1 Å². The maximum Gasteiger partial charge on any atom is 0.181 e. The zero-order chi connectivity index (χ0) is 14.7. The SMILES string of the molecule is CCCNc1nc(-c2ncccc2Br)nc2c1CCCC2. The van der Waals surface area contributed by atoms with Gasteiger partial charge < -0.3 is 5.32 Å². The summed E-state index contributed by atoms with van der Waals surface area (Å²) >= 11 is 3.54. The van der Waals surface area contributed by atoms with Gasteiger partial charge in [-0.15, -0.1) is 0 Å². The third kappa shape index (κ3) is 3.07. The summed E-state index contributed by atoms with van der Waals surface area (Å²) in [5.41, 5.74) is 3.29. The van der Waals surface area contributed by atoms with E-state index in [9.17, 15) is 0 Å². The number of nitrogens with one attached hydrogen (secondary N) is 1. The van der Waals surface area contributed by atoms with Crippen LogP contribution in [-0.4, -0.2) is 21.5 Å². The van der Waals surface area contributed by atoms with Crippen LogP contribution in [0.2, 0.25) is 0 Å². The van der Waals surface area contributed by atoms with Gasteiger partial charge in [-0.05, 0) is 60.2 Å². The molecule has 0 saturated carbocycles. The first-order chi connectivity index (χ1) is 10.3. The van der Waals surface area contributed by atoms with E-state index in [-0.39, 0.29) is 0 Å². The average molecular weight is 347 g/mol. The van der Waals surface area contributed by atoms with E-state index in [0.717, 1.165) is 41.8 Å². The number of nitrogens with zero attached hydrogens (tertiary/aromatic N) is 3. The Morgan fingerprint density at radius 2 is 2.10 bits per heavy atom. The van der Waals surface area contributed by atoms with Gasteiger partial charge in [-0.2, -0.15) is 0 Å². The monoisotopic (exact) mass is 346 g/mol. The second-order valence-corrected chi connectivity index (χ2v) is 6.14. The van der Waals surface area contributed by atoms with Crippen molar-refractivity contribution in [2.75, 3.05) is 11.9 Å². The molecule has 4 nitrogen and oxygen atoms in total. The second kappa shape index (κ2) is 6.52. The number of halogens is 1. The maximum atomic E-state index is 4.77. The third-order valence-corrected chi connectivity index (χ3v) is 4.34. The predicted octanol–water partition coefficient (Wildman–Crippen LogP) is 4.00. The fourth-order valence-corrected chi connectivity index (χ4v) is 3.07. The molecule has 2 heterocycles. The molecule has 0 fully saturated rings. The largest absolute Gasteiger partial charge is 0.370 e. The Balaban J connectivity index is 2.07. The number of aryl methyl sites for hydroxylation is 1. The summed E-state index contributed by atoms with van der Waals surface area (Å²) in [4.78, 5) is 13.9. The highest BCUT2D eigenvalue weighted by Gasteiger charge is 2.19. The summed E-state index contributed by atoms with van der Waals surface area (Å²) in [7, 11) is 0. The Hall–Kier alpha value is -1.49. The maximum absolute atomic E-state index is 4.77. The summed E-state index contributed by atoms with van der Waals surface area (Å²) in [6.07, 6.45) is 7.41. The molecule has 21 heavy (non-hydrogen) atoms. The summed E-state index contributed by atoms with van der Waals surface area (Å²) in [6.45, 7) is 3.10. The molecule has 0 atom stereocenters. The van der Waals surface area contributed by atoms with Crippen LogP contribution in [0.3, 0.4) is 0 Å². The molecule has 3 rings (SSSR count).